The van der Waals surface area contributed by atoms with Gasteiger partial charge in [0.05, 0.1) is 5.60 Å². The average Bonchev–Trinajstić information content (AvgIpc) is 2.03. The molecule has 0 radical (unpaired) electrons. The van der Waals surface area contributed by atoms with Crippen molar-refractivity contribution in [2.75, 3.05) is 14.2 Å². The van der Waals surface area contributed by atoms with Crippen molar-refractivity contribution in [3.63, 3.8) is 0 Å². The fourth-order valence-corrected chi connectivity index (χ4v) is 1.12. The molecule has 1 N–H and O–H groups in total. The van der Waals surface area contributed by atoms with E-state index >= 15 is 0 Å². The first-order valence-electron chi connectivity index (χ1n) is 4.11. The molecule has 0 fully saturated rings. The molecule has 0 spiro atoms. The van der Waals surface area contributed by atoms with E-state index in [1.165, 1.54) is 14.0 Å². The van der Waals surface area contributed by atoms with Crippen LogP contribution in [0.4, 0.5) is 0 Å². The van der Waals surface area contributed by atoms with Crippen LogP contribution in [0, 0.1) is 0 Å². The third-order valence-electron chi connectivity index (χ3n) is 2.22. The van der Waals surface area contributed by atoms with E-state index in [2.05, 4.69) is 0 Å². The van der Waals surface area contributed by atoms with Crippen molar-refractivity contribution in [2.45, 2.75) is 38.4 Å². The summed E-state index contributed by atoms with van der Waals surface area (Å²) in [5.74, 6) is -0.972. The molecule has 0 aromatic carbocycles. The number of rotatable bonds is 5. The van der Waals surface area contributed by atoms with E-state index in [-0.39, 0.29) is 0 Å². The summed E-state index contributed by atoms with van der Waals surface area (Å²) in [6.45, 7) is 5.19. The molecule has 0 heterocycles. The Morgan fingerprint density at radius 3 is 1.92 bits per heavy atom. The van der Waals surface area contributed by atoms with E-state index in [9.17, 15) is 4.79 Å². The normalized spacial score (nSPS) is 16.7. The molecule has 4 heteroatoms. The van der Waals surface area contributed by atoms with Crippen molar-refractivity contribution in [3.05, 3.63) is 0 Å². The number of carbonyl (C=O) groups is 1. The van der Waals surface area contributed by atoms with Gasteiger partial charge in [0.15, 0.2) is 5.60 Å². The van der Waals surface area contributed by atoms with Crippen LogP contribution in [-0.2, 0) is 14.3 Å². The van der Waals surface area contributed by atoms with Crippen molar-refractivity contribution < 1.29 is 19.4 Å². The predicted octanol–water partition coefficient (Wildman–Crippen LogP) is 1.29. The van der Waals surface area contributed by atoms with E-state index in [4.69, 9.17) is 14.6 Å². The largest absolute Gasteiger partial charge is 0.479 e. The molecule has 0 saturated heterocycles. The molecule has 0 rings (SSSR count). The third-order valence-corrected chi connectivity index (χ3v) is 2.22. The second-order valence-corrected chi connectivity index (χ2v) is 3.88. The Bertz CT molecular complexity index is 188. The summed E-state index contributed by atoms with van der Waals surface area (Å²) in [7, 11) is 2.94. The van der Waals surface area contributed by atoms with Crippen LogP contribution in [-0.4, -0.2) is 36.5 Å². The first kappa shape index (κ1) is 12.4. The molecule has 0 aromatic rings. The molecule has 78 valence electrons. The number of carboxylic acid groups (broad SMARTS) is 1. The van der Waals surface area contributed by atoms with Crippen molar-refractivity contribution in [3.8, 4) is 0 Å². The molecule has 0 aliphatic carbocycles. The molecule has 1 unspecified atom stereocenters. The van der Waals surface area contributed by atoms with Gasteiger partial charge in [-0.3, -0.25) is 0 Å². The molecule has 0 aliphatic heterocycles. The average molecular weight is 190 g/mol. The van der Waals surface area contributed by atoms with Crippen LogP contribution in [0.15, 0.2) is 0 Å². The van der Waals surface area contributed by atoms with Gasteiger partial charge >= 0.3 is 5.97 Å². The number of methoxy groups -OCH3 is 2. The molecule has 13 heavy (non-hydrogen) atoms. The van der Waals surface area contributed by atoms with Gasteiger partial charge in [-0.15, -0.1) is 0 Å². The number of aliphatic carboxylic acids is 1. The van der Waals surface area contributed by atoms with Gasteiger partial charge in [-0.25, -0.2) is 4.79 Å². The van der Waals surface area contributed by atoms with Crippen LogP contribution in [0.5, 0.6) is 0 Å². The summed E-state index contributed by atoms with van der Waals surface area (Å²) >= 11 is 0. The topological polar surface area (TPSA) is 55.8 Å². The van der Waals surface area contributed by atoms with Crippen LogP contribution < -0.4 is 0 Å². The van der Waals surface area contributed by atoms with Gasteiger partial charge in [0.1, 0.15) is 0 Å². The number of carboxylic acids is 1. The number of hydrogen-bond donors (Lipinski definition) is 1. The Labute approximate surface area is 78.8 Å². The molecule has 0 amide bonds. The Morgan fingerprint density at radius 2 is 1.69 bits per heavy atom. The molecule has 0 aliphatic rings. The highest BCUT2D eigenvalue weighted by atomic mass is 16.5. The third kappa shape index (κ3) is 3.32. The van der Waals surface area contributed by atoms with Gasteiger partial charge in [0.25, 0.3) is 0 Å². The fourth-order valence-electron chi connectivity index (χ4n) is 1.12. The lowest BCUT2D eigenvalue weighted by molar-refractivity contribution is -0.167. The highest BCUT2D eigenvalue weighted by Crippen LogP contribution is 2.25. The molecular weight excluding hydrogens is 172 g/mol. The smallest absolute Gasteiger partial charge is 0.335 e. The minimum absolute atomic E-state index is 0.308. The zero-order chi connectivity index (χ0) is 10.7. The van der Waals surface area contributed by atoms with Crippen LogP contribution in [0.3, 0.4) is 0 Å². The quantitative estimate of drug-likeness (QED) is 0.709. The molecular formula is C9H18O4. The zero-order valence-electron chi connectivity index (χ0n) is 8.88. The van der Waals surface area contributed by atoms with E-state index in [1.807, 2.05) is 13.8 Å². The van der Waals surface area contributed by atoms with Gasteiger partial charge in [0.2, 0.25) is 0 Å². The van der Waals surface area contributed by atoms with Crippen LogP contribution in [0.1, 0.15) is 27.2 Å². The first-order chi connectivity index (χ1) is 5.77. The van der Waals surface area contributed by atoms with E-state index in [0.29, 0.717) is 6.42 Å². The summed E-state index contributed by atoms with van der Waals surface area (Å²) in [5, 5.41) is 8.91. The SMILES string of the molecule is COC(C)(C)CC(C)(OC)C(=O)O. The maximum Gasteiger partial charge on any atom is 0.335 e. The molecule has 0 aromatic heterocycles. The highest BCUT2D eigenvalue weighted by molar-refractivity contribution is 5.77. The molecule has 0 bridgehead atoms. The Morgan fingerprint density at radius 1 is 1.23 bits per heavy atom. The standard InChI is InChI=1S/C9H18O4/c1-8(2,12-4)6-9(3,13-5)7(10)11/h6H2,1-5H3,(H,10,11). The zero-order valence-corrected chi connectivity index (χ0v) is 8.88. The summed E-state index contributed by atoms with van der Waals surface area (Å²) in [6, 6.07) is 0. The van der Waals surface area contributed by atoms with Gasteiger partial charge in [-0.2, -0.15) is 0 Å². The first-order valence-corrected chi connectivity index (χ1v) is 4.11. The summed E-state index contributed by atoms with van der Waals surface area (Å²) in [6.07, 6.45) is 0.308. The minimum Gasteiger partial charge on any atom is -0.479 e. The van der Waals surface area contributed by atoms with Crippen LogP contribution in [0.25, 0.3) is 0 Å². The van der Waals surface area contributed by atoms with Crippen molar-refractivity contribution in [1.29, 1.82) is 0 Å². The Kier molecular flexibility index (Phi) is 3.88. The predicted molar refractivity (Wildman–Crippen MR) is 48.8 cm³/mol. The maximum atomic E-state index is 10.9. The van der Waals surface area contributed by atoms with E-state index in [0.717, 1.165) is 0 Å². The van der Waals surface area contributed by atoms with Crippen molar-refractivity contribution in [1.82, 2.24) is 0 Å². The second-order valence-electron chi connectivity index (χ2n) is 3.88. The highest BCUT2D eigenvalue weighted by Gasteiger charge is 2.39. The van der Waals surface area contributed by atoms with Gasteiger partial charge in [-0.1, -0.05) is 0 Å². The number of ether oxygens (including phenoxy) is 2. The van der Waals surface area contributed by atoms with E-state index in [1.54, 1.807) is 7.11 Å². The minimum atomic E-state index is -1.18. The lowest BCUT2D eigenvalue weighted by Crippen LogP contribution is -2.44. The van der Waals surface area contributed by atoms with Crippen LogP contribution in [0.2, 0.25) is 0 Å². The van der Waals surface area contributed by atoms with Crippen LogP contribution >= 0.6 is 0 Å². The lowest BCUT2D eigenvalue weighted by atomic mass is 9.90. The van der Waals surface area contributed by atoms with Gasteiger partial charge in [0, 0.05) is 20.6 Å². The van der Waals surface area contributed by atoms with E-state index < -0.39 is 17.2 Å². The van der Waals surface area contributed by atoms with Crippen molar-refractivity contribution in [2.24, 2.45) is 0 Å². The lowest BCUT2D eigenvalue weighted by Gasteiger charge is -2.32. The van der Waals surface area contributed by atoms with Gasteiger partial charge < -0.3 is 14.6 Å². The van der Waals surface area contributed by atoms with Crippen molar-refractivity contribution >= 4 is 5.97 Å². The summed E-state index contributed by atoms with van der Waals surface area (Å²) in [4.78, 5) is 10.9. The summed E-state index contributed by atoms with van der Waals surface area (Å²) < 4.78 is 10.1. The Hall–Kier alpha value is -0.610. The number of hydrogen-bond acceptors (Lipinski definition) is 3. The molecule has 1 atom stereocenters. The maximum absolute atomic E-state index is 10.9. The van der Waals surface area contributed by atoms with Gasteiger partial charge in [-0.05, 0) is 20.8 Å². The fraction of sp³-hybridized carbons (Fsp3) is 0.889. The monoisotopic (exact) mass is 190 g/mol. The molecule has 0 saturated carbocycles. The summed E-state index contributed by atoms with van der Waals surface area (Å²) in [5.41, 5.74) is -1.68. The second kappa shape index (κ2) is 4.07. The Balaban J connectivity index is 4.54. The molecule has 4 nitrogen and oxygen atoms in total.